The van der Waals surface area contributed by atoms with Gasteiger partial charge in [-0.05, 0) is 44.4 Å². The van der Waals surface area contributed by atoms with Crippen LogP contribution < -0.4 is 9.64 Å². The molecule has 0 saturated carbocycles. The number of anilines is 1. The maximum Gasteiger partial charge on any atom is 0.296 e. The minimum absolute atomic E-state index is 0.136. The van der Waals surface area contributed by atoms with E-state index < -0.39 is 0 Å². The van der Waals surface area contributed by atoms with Crippen LogP contribution >= 0.6 is 11.6 Å². The number of H-pyrrole nitrogens is 1. The van der Waals surface area contributed by atoms with Crippen molar-refractivity contribution in [1.29, 1.82) is 0 Å². The van der Waals surface area contributed by atoms with E-state index in [1.165, 1.54) is 24.9 Å². The van der Waals surface area contributed by atoms with Gasteiger partial charge in [0.1, 0.15) is 6.10 Å². The molecule has 5 nitrogen and oxygen atoms in total. The first-order valence-corrected chi connectivity index (χ1v) is 9.72. The molecule has 3 heterocycles. The molecule has 140 valence electrons. The van der Waals surface area contributed by atoms with E-state index >= 15 is 0 Å². The van der Waals surface area contributed by atoms with Gasteiger partial charge in [0.2, 0.25) is 0 Å². The van der Waals surface area contributed by atoms with Crippen LogP contribution in [0.5, 0.6) is 6.01 Å². The molecule has 6 heteroatoms. The molecule has 1 atom stereocenters. The highest BCUT2D eigenvalue weighted by molar-refractivity contribution is 6.33. The van der Waals surface area contributed by atoms with Crippen molar-refractivity contribution in [3.63, 3.8) is 0 Å². The molecular formula is C21H23ClN4O. The SMILES string of the molecule is C=CC(C)Oc1nc2nc(-c3ccc(N4CCCCC4)cc3)c(Cl)cc2[nH]1. The summed E-state index contributed by atoms with van der Waals surface area (Å²) in [5.74, 6) is 0. The van der Waals surface area contributed by atoms with E-state index in [4.69, 9.17) is 16.3 Å². The van der Waals surface area contributed by atoms with Gasteiger partial charge in [-0.25, -0.2) is 4.98 Å². The van der Waals surface area contributed by atoms with E-state index in [0.717, 1.165) is 29.9 Å². The monoisotopic (exact) mass is 382 g/mol. The summed E-state index contributed by atoms with van der Waals surface area (Å²) < 4.78 is 5.64. The number of hydrogen-bond donors (Lipinski definition) is 1. The molecule has 27 heavy (non-hydrogen) atoms. The smallest absolute Gasteiger partial charge is 0.296 e. The first kappa shape index (κ1) is 17.9. The quantitative estimate of drug-likeness (QED) is 0.614. The highest BCUT2D eigenvalue weighted by atomic mass is 35.5. The van der Waals surface area contributed by atoms with Crippen molar-refractivity contribution in [2.75, 3.05) is 18.0 Å². The molecule has 1 aliphatic heterocycles. The molecular weight excluding hydrogens is 360 g/mol. The van der Waals surface area contributed by atoms with Crippen molar-refractivity contribution in [3.8, 4) is 17.3 Å². The Kier molecular flexibility index (Phi) is 5.03. The standard InChI is InChI=1S/C21H23ClN4O/c1-3-14(2)27-21-23-18-13-17(22)19(24-20(18)25-21)15-7-9-16(10-8-15)26-11-5-4-6-12-26/h3,7-10,13-14H,1,4-6,11-12H2,2H3,(H,23,24,25). The van der Waals surface area contributed by atoms with Crippen molar-refractivity contribution in [2.24, 2.45) is 0 Å². The molecule has 1 saturated heterocycles. The Morgan fingerprint density at radius 3 is 2.63 bits per heavy atom. The Labute approximate surface area is 164 Å². The second kappa shape index (κ2) is 7.61. The van der Waals surface area contributed by atoms with Gasteiger partial charge in [-0.3, -0.25) is 0 Å². The van der Waals surface area contributed by atoms with Crippen molar-refractivity contribution >= 4 is 28.5 Å². The maximum absolute atomic E-state index is 6.49. The highest BCUT2D eigenvalue weighted by Gasteiger charge is 2.14. The first-order chi connectivity index (χ1) is 13.1. The Balaban J connectivity index is 1.62. The van der Waals surface area contributed by atoms with Crippen molar-refractivity contribution in [1.82, 2.24) is 15.0 Å². The molecule has 0 aliphatic carbocycles. The van der Waals surface area contributed by atoms with E-state index in [1.807, 2.05) is 13.0 Å². The second-order valence-electron chi connectivity index (χ2n) is 6.89. The number of aromatic nitrogens is 3. The Hall–Kier alpha value is -2.53. The summed E-state index contributed by atoms with van der Waals surface area (Å²) in [4.78, 5) is 14.6. The summed E-state index contributed by atoms with van der Waals surface area (Å²) in [6, 6.07) is 10.7. The van der Waals surface area contributed by atoms with Crippen LogP contribution in [0.15, 0.2) is 43.0 Å². The summed E-state index contributed by atoms with van der Waals surface area (Å²) in [6.45, 7) is 7.87. The van der Waals surface area contributed by atoms with Crippen LogP contribution in [-0.2, 0) is 0 Å². The third-order valence-corrected chi connectivity index (χ3v) is 5.18. The van der Waals surface area contributed by atoms with Gasteiger partial charge in [0, 0.05) is 24.3 Å². The Morgan fingerprint density at radius 2 is 1.93 bits per heavy atom. The van der Waals surface area contributed by atoms with Crippen LogP contribution in [0.25, 0.3) is 22.4 Å². The lowest BCUT2D eigenvalue weighted by Crippen LogP contribution is -2.29. The summed E-state index contributed by atoms with van der Waals surface area (Å²) >= 11 is 6.49. The zero-order valence-corrected chi connectivity index (χ0v) is 16.2. The molecule has 1 fully saturated rings. The molecule has 1 N–H and O–H groups in total. The fraction of sp³-hybridized carbons (Fsp3) is 0.333. The largest absolute Gasteiger partial charge is 0.458 e. The number of piperidine rings is 1. The van der Waals surface area contributed by atoms with Gasteiger partial charge in [0.25, 0.3) is 6.01 Å². The molecule has 0 amide bonds. The van der Waals surface area contributed by atoms with E-state index in [9.17, 15) is 0 Å². The lowest BCUT2D eigenvalue weighted by atomic mass is 10.1. The summed E-state index contributed by atoms with van der Waals surface area (Å²) in [5.41, 5.74) is 4.29. The molecule has 3 aromatic rings. The van der Waals surface area contributed by atoms with Gasteiger partial charge in [0.15, 0.2) is 5.65 Å². The number of nitrogens with zero attached hydrogens (tertiary/aromatic N) is 3. The molecule has 0 radical (unpaired) electrons. The number of nitrogens with one attached hydrogen (secondary N) is 1. The molecule has 0 bridgehead atoms. The lowest BCUT2D eigenvalue weighted by molar-refractivity contribution is 0.251. The van der Waals surface area contributed by atoms with Gasteiger partial charge in [-0.1, -0.05) is 36.4 Å². The van der Waals surface area contributed by atoms with Crippen LogP contribution in [0.2, 0.25) is 5.02 Å². The molecule has 1 aromatic carbocycles. The predicted molar refractivity (Wildman–Crippen MR) is 111 cm³/mol. The highest BCUT2D eigenvalue weighted by Crippen LogP contribution is 2.31. The predicted octanol–water partition coefficient (Wildman–Crippen LogP) is 5.22. The molecule has 1 unspecified atom stereocenters. The van der Waals surface area contributed by atoms with Gasteiger partial charge < -0.3 is 14.6 Å². The average molecular weight is 383 g/mol. The normalized spacial score (nSPS) is 15.7. The van der Waals surface area contributed by atoms with Gasteiger partial charge in [-0.15, -0.1) is 0 Å². The van der Waals surface area contributed by atoms with E-state index in [0.29, 0.717) is 16.7 Å². The third kappa shape index (κ3) is 3.78. The van der Waals surface area contributed by atoms with Gasteiger partial charge in [-0.2, -0.15) is 4.98 Å². The number of benzene rings is 1. The summed E-state index contributed by atoms with van der Waals surface area (Å²) in [7, 11) is 0. The number of fused-ring (bicyclic) bond motifs is 1. The van der Waals surface area contributed by atoms with Crippen molar-refractivity contribution < 1.29 is 4.74 Å². The van der Waals surface area contributed by atoms with Crippen molar-refractivity contribution in [2.45, 2.75) is 32.3 Å². The van der Waals surface area contributed by atoms with Crippen LogP contribution in [-0.4, -0.2) is 34.1 Å². The average Bonchev–Trinajstić information content (AvgIpc) is 3.09. The topological polar surface area (TPSA) is 54.0 Å². The number of pyridine rings is 1. The number of imidazole rings is 1. The fourth-order valence-corrected chi connectivity index (χ4v) is 3.62. The number of rotatable bonds is 5. The molecule has 4 rings (SSSR count). The van der Waals surface area contributed by atoms with Crippen LogP contribution in [0.1, 0.15) is 26.2 Å². The lowest BCUT2D eigenvalue weighted by Gasteiger charge is -2.28. The first-order valence-electron chi connectivity index (χ1n) is 9.35. The summed E-state index contributed by atoms with van der Waals surface area (Å²) in [6.07, 6.45) is 5.43. The minimum atomic E-state index is -0.136. The van der Waals surface area contributed by atoms with E-state index in [1.54, 1.807) is 6.08 Å². The zero-order chi connectivity index (χ0) is 18.8. The number of halogens is 1. The number of aromatic amines is 1. The number of hydrogen-bond acceptors (Lipinski definition) is 4. The minimum Gasteiger partial charge on any atom is -0.458 e. The van der Waals surface area contributed by atoms with Crippen LogP contribution in [0, 0.1) is 0 Å². The summed E-state index contributed by atoms with van der Waals surface area (Å²) in [5, 5.41) is 0.584. The Bertz CT molecular complexity index is 945. The Morgan fingerprint density at radius 1 is 1.19 bits per heavy atom. The maximum atomic E-state index is 6.49. The zero-order valence-electron chi connectivity index (χ0n) is 15.4. The van der Waals surface area contributed by atoms with Gasteiger partial charge >= 0.3 is 0 Å². The van der Waals surface area contributed by atoms with Crippen LogP contribution in [0.3, 0.4) is 0 Å². The van der Waals surface area contributed by atoms with Crippen LogP contribution in [0.4, 0.5) is 5.69 Å². The molecule has 2 aromatic heterocycles. The second-order valence-corrected chi connectivity index (χ2v) is 7.29. The molecule has 1 aliphatic rings. The molecule has 0 spiro atoms. The van der Waals surface area contributed by atoms with Crippen molar-refractivity contribution in [3.05, 3.63) is 48.0 Å². The van der Waals surface area contributed by atoms with E-state index in [-0.39, 0.29) is 6.10 Å². The third-order valence-electron chi connectivity index (χ3n) is 4.90. The number of ether oxygens (including phenoxy) is 1. The fourth-order valence-electron chi connectivity index (χ4n) is 3.36. The van der Waals surface area contributed by atoms with E-state index in [2.05, 4.69) is 50.7 Å². The van der Waals surface area contributed by atoms with Gasteiger partial charge in [0.05, 0.1) is 16.2 Å².